The molecule has 0 aliphatic rings. The van der Waals surface area contributed by atoms with Gasteiger partial charge in [-0.3, -0.25) is 4.68 Å². The topological polar surface area (TPSA) is 55.6 Å². The zero-order valence-electron chi connectivity index (χ0n) is 10.9. The van der Waals surface area contributed by atoms with Crippen LogP contribution in [0.2, 0.25) is 0 Å². The molecule has 96 valence electrons. The van der Waals surface area contributed by atoms with Gasteiger partial charge in [0.1, 0.15) is 0 Å². The summed E-state index contributed by atoms with van der Waals surface area (Å²) in [5.41, 5.74) is 1.75. The Morgan fingerprint density at radius 3 is 2.56 bits per heavy atom. The lowest BCUT2D eigenvalue weighted by Gasteiger charge is -2.18. The highest BCUT2D eigenvalue weighted by atomic mass is 79.9. The predicted octanol–water partition coefficient (Wildman–Crippen LogP) is 3.24. The summed E-state index contributed by atoms with van der Waals surface area (Å²) in [4.78, 5) is 8.53. The number of aryl methyl sites for hydroxylation is 1. The molecule has 1 N–H and O–H groups in total. The van der Waals surface area contributed by atoms with E-state index >= 15 is 0 Å². The van der Waals surface area contributed by atoms with Crippen molar-refractivity contribution in [3.63, 3.8) is 0 Å². The summed E-state index contributed by atoms with van der Waals surface area (Å²) in [7, 11) is 0. The van der Waals surface area contributed by atoms with Gasteiger partial charge in [-0.25, -0.2) is 9.97 Å². The molecular weight excluding hydrogens is 294 g/mol. The normalized spacial score (nSPS) is 11.6. The van der Waals surface area contributed by atoms with E-state index in [1.807, 2.05) is 17.8 Å². The molecule has 2 aromatic heterocycles. The smallest absolute Gasteiger partial charge is 0.227 e. The van der Waals surface area contributed by atoms with Gasteiger partial charge in [-0.15, -0.1) is 0 Å². The average molecular weight is 310 g/mol. The Morgan fingerprint density at radius 2 is 2.00 bits per heavy atom. The Labute approximate surface area is 115 Å². The number of nitrogens with one attached hydrogen (secondary N) is 1. The highest BCUT2D eigenvalue weighted by molar-refractivity contribution is 9.10. The van der Waals surface area contributed by atoms with Crippen molar-refractivity contribution in [2.24, 2.45) is 0 Å². The Kier molecular flexibility index (Phi) is 3.38. The summed E-state index contributed by atoms with van der Waals surface area (Å²) in [5, 5.41) is 7.45. The molecule has 5 nitrogen and oxygen atoms in total. The quantitative estimate of drug-likeness (QED) is 0.925. The maximum Gasteiger partial charge on any atom is 0.227 e. The highest BCUT2D eigenvalue weighted by Crippen LogP contribution is 2.19. The largest absolute Gasteiger partial charge is 0.321 e. The fourth-order valence-corrected chi connectivity index (χ4v) is 1.59. The summed E-state index contributed by atoms with van der Waals surface area (Å²) >= 11 is 3.38. The lowest BCUT2D eigenvalue weighted by Crippen LogP contribution is -2.21. The number of hydrogen-bond donors (Lipinski definition) is 1. The second kappa shape index (κ2) is 4.68. The van der Waals surface area contributed by atoms with Crippen molar-refractivity contribution in [2.75, 3.05) is 5.32 Å². The van der Waals surface area contributed by atoms with E-state index in [1.165, 1.54) is 0 Å². The van der Waals surface area contributed by atoms with E-state index in [0.29, 0.717) is 5.95 Å². The molecule has 0 aliphatic carbocycles. The molecule has 0 atom stereocenters. The van der Waals surface area contributed by atoms with Gasteiger partial charge < -0.3 is 5.32 Å². The van der Waals surface area contributed by atoms with Crippen LogP contribution in [0.15, 0.2) is 23.1 Å². The minimum atomic E-state index is -0.0313. The molecule has 0 bridgehead atoms. The maximum absolute atomic E-state index is 4.33. The van der Waals surface area contributed by atoms with Crippen molar-refractivity contribution < 1.29 is 0 Å². The van der Waals surface area contributed by atoms with Crippen molar-refractivity contribution in [1.29, 1.82) is 0 Å². The Morgan fingerprint density at radius 1 is 1.28 bits per heavy atom. The van der Waals surface area contributed by atoms with Crippen LogP contribution < -0.4 is 5.32 Å². The van der Waals surface area contributed by atoms with Crippen LogP contribution in [0.4, 0.5) is 11.6 Å². The van der Waals surface area contributed by atoms with Crippen molar-refractivity contribution >= 4 is 27.6 Å². The number of anilines is 2. The minimum Gasteiger partial charge on any atom is -0.321 e. The van der Waals surface area contributed by atoms with E-state index in [-0.39, 0.29) is 5.54 Å². The Hall–Kier alpha value is -1.43. The molecule has 0 aliphatic heterocycles. The zero-order chi connectivity index (χ0) is 13.3. The van der Waals surface area contributed by atoms with Gasteiger partial charge in [-0.05, 0) is 43.6 Å². The zero-order valence-corrected chi connectivity index (χ0v) is 12.5. The molecule has 2 aromatic rings. The molecule has 0 unspecified atom stereocenters. The molecular formula is C12H16BrN5. The molecule has 0 aromatic carbocycles. The lowest BCUT2D eigenvalue weighted by molar-refractivity contribution is 0.355. The molecule has 0 saturated heterocycles. The van der Waals surface area contributed by atoms with Crippen LogP contribution >= 0.6 is 15.9 Å². The maximum atomic E-state index is 4.33. The lowest BCUT2D eigenvalue weighted by atomic mass is 10.1. The van der Waals surface area contributed by atoms with Crippen LogP contribution in [0.25, 0.3) is 0 Å². The number of halogens is 1. The predicted molar refractivity (Wildman–Crippen MR) is 75.0 cm³/mol. The first-order chi connectivity index (χ1) is 8.36. The van der Waals surface area contributed by atoms with E-state index in [2.05, 4.69) is 57.1 Å². The Balaban J connectivity index is 2.19. The van der Waals surface area contributed by atoms with Crippen molar-refractivity contribution in [3.8, 4) is 0 Å². The molecule has 2 rings (SSSR count). The number of hydrogen-bond acceptors (Lipinski definition) is 4. The standard InChI is InChI=1S/C12H16BrN5/c1-8-10(13)6-14-11(16-8)17-9-5-15-18(7-9)12(2,3)4/h5-7H,1-4H3,(H,14,16,17). The fourth-order valence-electron chi connectivity index (χ4n) is 1.40. The van der Waals surface area contributed by atoms with Crippen LogP contribution in [0, 0.1) is 6.92 Å². The molecule has 0 radical (unpaired) electrons. The molecule has 0 fully saturated rings. The summed E-state index contributed by atoms with van der Waals surface area (Å²) in [6, 6.07) is 0. The average Bonchev–Trinajstić information content (AvgIpc) is 2.72. The molecule has 0 amide bonds. The molecule has 0 spiro atoms. The number of aromatic nitrogens is 4. The molecule has 18 heavy (non-hydrogen) atoms. The third-order valence-electron chi connectivity index (χ3n) is 2.45. The molecule has 0 saturated carbocycles. The van der Waals surface area contributed by atoms with Crippen LogP contribution in [0.1, 0.15) is 26.5 Å². The second-order valence-electron chi connectivity index (χ2n) is 5.10. The van der Waals surface area contributed by atoms with E-state index in [9.17, 15) is 0 Å². The molecule has 2 heterocycles. The fraction of sp³-hybridized carbons (Fsp3) is 0.417. The minimum absolute atomic E-state index is 0.0313. The SMILES string of the molecule is Cc1nc(Nc2cnn(C(C)(C)C)c2)ncc1Br. The van der Waals surface area contributed by atoms with Gasteiger partial charge in [0.05, 0.1) is 27.6 Å². The summed E-state index contributed by atoms with van der Waals surface area (Å²) in [6.45, 7) is 8.23. The van der Waals surface area contributed by atoms with E-state index in [1.54, 1.807) is 12.4 Å². The van der Waals surface area contributed by atoms with Crippen molar-refractivity contribution in [1.82, 2.24) is 19.7 Å². The van der Waals surface area contributed by atoms with E-state index < -0.39 is 0 Å². The van der Waals surface area contributed by atoms with Gasteiger partial charge >= 0.3 is 0 Å². The van der Waals surface area contributed by atoms with Gasteiger partial charge in [-0.1, -0.05) is 0 Å². The van der Waals surface area contributed by atoms with Crippen molar-refractivity contribution in [3.05, 3.63) is 28.8 Å². The van der Waals surface area contributed by atoms with Gasteiger partial charge in [-0.2, -0.15) is 5.10 Å². The summed E-state index contributed by atoms with van der Waals surface area (Å²) < 4.78 is 2.81. The second-order valence-corrected chi connectivity index (χ2v) is 5.95. The van der Waals surface area contributed by atoms with Gasteiger partial charge in [0.2, 0.25) is 5.95 Å². The molecule has 6 heteroatoms. The van der Waals surface area contributed by atoms with Crippen LogP contribution in [-0.2, 0) is 5.54 Å². The first kappa shape index (κ1) is 13.0. The third-order valence-corrected chi connectivity index (χ3v) is 3.22. The van der Waals surface area contributed by atoms with E-state index in [0.717, 1.165) is 15.9 Å². The number of nitrogens with zero attached hydrogens (tertiary/aromatic N) is 4. The van der Waals surface area contributed by atoms with Gasteiger partial charge in [0.25, 0.3) is 0 Å². The first-order valence-electron chi connectivity index (χ1n) is 5.67. The van der Waals surface area contributed by atoms with E-state index in [4.69, 9.17) is 0 Å². The van der Waals surface area contributed by atoms with Crippen LogP contribution in [0.5, 0.6) is 0 Å². The first-order valence-corrected chi connectivity index (χ1v) is 6.47. The van der Waals surface area contributed by atoms with Gasteiger partial charge in [0, 0.05) is 12.4 Å². The monoisotopic (exact) mass is 309 g/mol. The van der Waals surface area contributed by atoms with Crippen molar-refractivity contribution in [2.45, 2.75) is 33.2 Å². The van der Waals surface area contributed by atoms with Crippen LogP contribution in [0.3, 0.4) is 0 Å². The van der Waals surface area contributed by atoms with Crippen LogP contribution in [-0.4, -0.2) is 19.7 Å². The third kappa shape index (κ3) is 2.87. The van der Waals surface area contributed by atoms with Gasteiger partial charge in [0.15, 0.2) is 0 Å². The summed E-state index contributed by atoms with van der Waals surface area (Å²) in [5.74, 6) is 0.573. The summed E-state index contributed by atoms with van der Waals surface area (Å²) in [6.07, 6.45) is 5.45. The number of rotatable bonds is 2. The highest BCUT2D eigenvalue weighted by Gasteiger charge is 2.14. The Bertz CT molecular complexity index is 556.